The van der Waals surface area contributed by atoms with Gasteiger partial charge >= 0.3 is 6.03 Å². The number of fused-ring (bicyclic) bond motifs is 1. The summed E-state index contributed by atoms with van der Waals surface area (Å²) in [7, 11) is 1.58. The Morgan fingerprint density at radius 2 is 1.70 bits per heavy atom. The van der Waals surface area contributed by atoms with E-state index in [4.69, 9.17) is 9.15 Å². The van der Waals surface area contributed by atoms with Crippen LogP contribution in [0.15, 0.2) is 77.2 Å². The number of rotatable bonds is 4. The number of hydrogen-bond acceptors (Lipinski definition) is 4. The number of aromatic nitrogens is 1. The van der Waals surface area contributed by atoms with E-state index in [-0.39, 0.29) is 6.03 Å². The summed E-state index contributed by atoms with van der Waals surface area (Å²) in [6.07, 6.45) is 0. The highest BCUT2D eigenvalue weighted by Gasteiger charge is 2.10. The molecule has 0 radical (unpaired) electrons. The Kier molecular flexibility index (Phi) is 4.45. The summed E-state index contributed by atoms with van der Waals surface area (Å²) in [5, 5.41) is 5.56. The van der Waals surface area contributed by atoms with Crippen LogP contribution in [0, 0.1) is 0 Å². The van der Waals surface area contributed by atoms with Crippen LogP contribution < -0.4 is 15.4 Å². The molecule has 0 spiro atoms. The number of carbonyl (C=O) groups is 1. The Morgan fingerprint density at radius 1 is 0.926 bits per heavy atom. The van der Waals surface area contributed by atoms with Crippen molar-refractivity contribution in [3.63, 3.8) is 0 Å². The summed E-state index contributed by atoms with van der Waals surface area (Å²) in [4.78, 5) is 16.7. The van der Waals surface area contributed by atoms with Gasteiger partial charge in [0.25, 0.3) is 0 Å². The molecule has 0 aliphatic heterocycles. The number of oxazole rings is 1. The quantitative estimate of drug-likeness (QED) is 0.528. The topological polar surface area (TPSA) is 76.4 Å². The lowest BCUT2D eigenvalue weighted by atomic mass is 10.2. The van der Waals surface area contributed by atoms with Crippen molar-refractivity contribution in [1.29, 1.82) is 0 Å². The second-order valence-corrected chi connectivity index (χ2v) is 5.88. The van der Waals surface area contributed by atoms with Gasteiger partial charge in [0.15, 0.2) is 5.58 Å². The molecule has 0 atom stereocenters. The lowest BCUT2D eigenvalue weighted by Gasteiger charge is -2.08. The minimum absolute atomic E-state index is 0.356. The molecular formula is C21H17N3O3. The number of methoxy groups -OCH3 is 1. The summed E-state index contributed by atoms with van der Waals surface area (Å²) < 4.78 is 11.0. The molecule has 6 heteroatoms. The van der Waals surface area contributed by atoms with E-state index < -0.39 is 0 Å². The Bertz CT molecular complexity index is 1090. The molecule has 1 aromatic heterocycles. The summed E-state index contributed by atoms with van der Waals surface area (Å²) in [5.41, 5.74) is 3.48. The maximum atomic E-state index is 12.2. The Morgan fingerprint density at radius 3 is 2.48 bits per heavy atom. The van der Waals surface area contributed by atoms with Crippen molar-refractivity contribution in [2.75, 3.05) is 17.7 Å². The number of ether oxygens (including phenoxy) is 1. The van der Waals surface area contributed by atoms with E-state index >= 15 is 0 Å². The van der Waals surface area contributed by atoms with Crippen LogP contribution in [0.25, 0.3) is 22.6 Å². The summed E-state index contributed by atoms with van der Waals surface area (Å²) in [5.74, 6) is 1.22. The number of hydrogen-bond donors (Lipinski definition) is 2. The van der Waals surface area contributed by atoms with E-state index in [2.05, 4.69) is 15.6 Å². The number of nitrogens with zero attached hydrogens (tertiary/aromatic N) is 1. The average Bonchev–Trinajstić information content (AvgIpc) is 3.12. The highest BCUT2D eigenvalue weighted by molar-refractivity contribution is 6.00. The molecule has 0 aliphatic rings. The molecule has 6 nitrogen and oxygen atoms in total. The van der Waals surface area contributed by atoms with Crippen LogP contribution >= 0.6 is 0 Å². The zero-order valence-corrected chi connectivity index (χ0v) is 14.6. The number of amides is 2. The van der Waals surface area contributed by atoms with E-state index in [9.17, 15) is 4.79 Å². The van der Waals surface area contributed by atoms with Crippen molar-refractivity contribution in [2.24, 2.45) is 0 Å². The standard InChI is InChI=1S/C21H17N3O3/c1-26-17-9-5-8-15(12-17)22-21(25)23-16-10-11-18-19(13-16)27-20(24-18)14-6-3-2-4-7-14/h2-13H,1H3,(H2,22,23,25). The largest absolute Gasteiger partial charge is 0.497 e. The van der Waals surface area contributed by atoms with Gasteiger partial charge in [-0.15, -0.1) is 0 Å². The van der Waals surface area contributed by atoms with E-state index in [1.54, 1.807) is 37.4 Å². The molecule has 2 N–H and O–H groups in total. The third-order valence-electron chi connectivity index (χ3n) is 3.99. The van der Waals surface area contributed by atoms with Gasteiger partial charge in [-0.05, 0) is 36.4 Å². The number of nitrogens with one attached hydrogen (secondary N) is 2. The Hall–Kier alpha value is -3.80. The van der Waals surface area contributed by atoms with Crippen LogP contribution in [0.3, 0.4) is 0 Å². The Labute approximate surface area is 155 Å². The summed E-state index contributed by atoms with van der Waals surface area (Å²) >= 11 is 0. The van der Waals surface area contributed by atoms with Crippen molar-refractivity contribution in [3.8, 4) is 17.2 Å². The van der Waals surface area contributed by atoms with Gasteiger partial charge in [-0.3, -0.25) is 0 Å². The molecule has 0 aliphatic carbocycles. The first kappa shape index (κ1) is 16.7. The second kappa shape index (κ2) is 7.21. The molecule has 2 amide bonds. The maximum absolute atomic E-state index is 12.2. The van der Waals surface area contributed by atoms with Gasteiger partial charge < -0.3 is 19.8 Å². The normalized spacial score (nSPS) is 10.6. The first-order valence-electron chi connectivity index (χ1n) is 8.39. The first-order valence-corrected chi connectivity index (χ1v) is 8.39. The first-order chi connectivity index (χ1) is 13.2. The van der Waals surface area contributed by atoms with Gasteiger partial charge in [0.2, 0.25) is 5.89 Å². The van der Waals surface area contributed by atoms with E-state index in [0.717, 1.165) is 11.1 Å². The molecule has 0 fully saturated rings. The van der Waals surface area contributed by atoms with Crippen LogP contribution in [0.2, 0.25) is 0 Å². The molecule has 3 aromatic carbocycles. The predicted octanol–water partition coefficient (Wildman–Crippen LogP) is 5.15. The number of anilines is 2. The molecule has 0 saturated carbocycles. The van der Waals surface area contributed by atoms with Crippen molar-refractivity contribution in [1.82, 2.24) is 4.98 Å². The zero-order valence-electron chi connectivity index (χ0n) is 14.6. The molecule has 1 heterocycles. The summed E-state index contributed by atoms with van der Waals surface area (Å²) in [6.45, 7) is 0. The molecule has 0 saturated heterocycles. The minimum atomic E-state index is -0.356. The van der Waals surface area contributed by atoms with E-state index in [1.807, 2.05) is 42.5 Å². The molecule has 27 heavy (non-hydrogen) atoms. The van der Waals surface area contributed by atoms with Crippen LogP contribution in [-0.4, -0.2) is 18.1 Å². The van der Waals surface area contributed by atoms with Crippen LogP contribution in [0.5, 0.6) is 5.75 Å². The highest BCUT2D eigenvalue weighted by atomic mass is 16.5. The van der Waals surface area contributed by atoms with Crippen molar-refractivity contribution < 1.29 is 13.9 Å². The fourth-order valence-corrected chi connectivity index (χ4v) is 2.70. The number of benzene rings is 3. The van der Waals surface area contributed by atoms with Crippen molar-refractivity contribution in [2.45, 2.75) is 0 Å². The van der Waals surface area contributed by atoms with Crippen LogP contribution in [0.4, 0.5) is 16.2 Å². The molecule has 134 valence electrons. The van der Waals surface area contributed by atoms with Crippen LogP contribution in [0.1, 0.15) is 0 Å². The van der Waals surface area contributed by atoms with Gasteiger partial charge in [-0.2, -0.15) is 0 Å². The van der Waals surface area contributed by atoms with Crippen molar-refractivity contribution in [3.05, 3.63) is 72.8 Å². The number of carbonyl (C=O) groups excluding carboxylic acids is 1. The third kappa shape index (κ3) is 3.74. The van der Waals surface area contributed by atoms with Gasteiger partial charge in [-0.25, -0.2) is 9.78 Å². The lowest BCUT2D eigenvalue weighted by Crippen LogP contribution is -2.19. The predicted molar refractivity (Wildman–Crippen MR) is 105 cm³/mol. The van der Waals surface area contributed by atoms with Gasteiger partial charge in [-0.1, -0.05) is 24.3 Å². The average molecular weight is 359 g/mol. The lowest BCUT2D eigenvalue weighted by molar-refractivity contribution is 0.262. The molecule has 4 aromatic rings. The number of urea groups is 1. The van der Waals surface area contributed by atoms with Crippen LogP contribution in [-0.2, 0) is 0 Å². The molecule has 0 bridgehead atoms. The van der Waals surface area contributed by atoms with Gasteiger partial charge in [0, 0.05) is 29.1 Å². The summed E-state index contributed by atoms with van der Waals surface area (Å²) in [6, 6.07) is 21.8. The highest BCUT2D eigenvalue weighted by Crippen LogP contribution is 2.26. The van der Waals surface area contributed by atoms with Crippen molar-refractivity contribution >= 4 is 28.5 Å². The SMILES string of the molecule is COc1cccc(NC(=O)Nc2ccc3nc(-c4ccccc4)oc3c2)c1. The zero-order chi connectivity index (χ0) is 18.6. The van der Waals surface area contributed by atoms with Gasteiger partial charge in [0.1, 0.15) is 11.3 Å². The molecule has 4 rings (SSSR count). The fraction of sp³-hybridized carbons (Fsp3) is 0.0476. The monoisotopic (exact) mass is 359 g/mol. The molecular weight excluding hydrogens is 342 g/mol. The Balaban J connectivity index is 1.51. The second-order valence-electron chi connectivity index (χ2n) is 5.88. The van der Waals surface area contributed by atoms with E-state index in [1.165, 1.54) is 0 Å². The fourth-order valence-electron chi connectivity index (χ4n) is 2.70. The molecule has 0 unspecified atom stereocenters. The smallest absolute Gasteiger partial charge is 0.323 e. The van der Waals surface area contributed by atoms with E-state index in [0.29, 0.717) is 28.6 Å². The minimum Gasteiger partial charge on any atom is -0.497 e. The maximum Gasteiger partial charge on any atom is 0.323 e. The third-order valence-corrected chi connectivity index (χ3v) is 3.99. The van der Waals surface area contributed by atoms with Gasteiger partial charge in [0.05, 0.1) is 7.11 Å².